The van der Waals surface area contributed by atoms with Gasteiger partial charge >= 0.3 is 0 Å². The van der Waals surface area contributed by atoms with Crippen molar-refractivity contribution in [1.29, 1.82) is 0 Å². The molecule has 4 aromatic rings. The van der Waals surface area contributed by atoms with Gasteiger partial charge < -0.3 is 14.8 Å². The van der Waals surface area contributed by atoms with E-state index in [1.54, 1.807) is 6.20 Å². The van der Waals surface area contributed by atoms with Crippen LogP contribution in [0.3, 0.4) is 0 Å². The Morgan fingerprint density at radius 3 is 2.83 bits per heavy atom. The van der Waals surface area contributed by atoms with Crippen molar-refractivity contribution in [2.24, 2.45) is 0 Å². The molecular formula is C20H19ClN6O2. The average Bonchev–Trinajstić information content (AvgIpc) is 3.16. The fraction of sp³-hybridized carbons (Fsp3) is 0.200. The van der Waals surface area contributed by atoms with E-state index >= 15 is 0 Å². The fourth-order valence-corrected chi connectivity index (χ4v) is 2.91. The zero-order valence-corrected chi connectivity index (χ0v) is 16.5. The molecule has 0 bridgehead atoms. The molecule has 3 aromatic heterocycles. The molecule has 8 nitrogen and oxygen atoms in total. The number of benzene rings is 1. The van der Waals surface area contributed by atoms with Crippen LogP contribution >= 0.6 is 11.6 Å². The number of rotatable bonds is 8. The van der Waals surface area contributed by atoms with Crippen LogP contribution < -0.4 is 14.8 Å². The van der Waals surface area contributed by atoms with Gasteiger partial charge in [-0.3, -0.25) is 10.1 Å². The van der Waals surface area contributed by atoms with Gasteiger partial charge in [0.1, 0.15) is 36.5 Å². The van der Waals surface area contributed by atoms with Gasteiger partial charge in [-0.1, -0.05) is 6.07 Å². The number of ether oxygens (including phenoxy) is 2. The summed E-state index contributed by atoms with van der Waals surface area (Å²) < 4.78 is 11.5. The summed E-state index contributed by atoms with van der Waals surface area (Å²) in [5.41, 5.74) is 3.31. The number of aromatic nitrogens is 5. The number of nitrogens with zero attached hydrogens (tertiary/aromatic N) is 4. The first-order valence-corrected chi connectivity index (χ1v) is 9.56. The first-order chi connectivity index (χ1) is 14.2. The molecule has 0 aliphatic carbocycles. The van der Waals surface area contributed by atoms with Crippen LogP contribution in [0.15, 0.2) is 48.9 Å². The summed E-state index contributed by atoms with van der Waals surface area (Å²) in [6, 6.07) is 11.6. The van der Waals surface area contributed by atoms with Gasteiger partial charge in [0.05, 0.1) is 11.6 Å². The molecule has 0 radical (unpaired) electrons. The number of nitrogens with one attached hydrogen (secondary N) is 2. The van der Waals surface area contributed by atoms with Crippen LogP contribution in [-0.2, 0) is 6.61 Å². The quantitative estimate of drug-likeness (QED) is 0.423. The summed E-state index contributed by atoms with van der Waals surface area (Å²) in [6.07, 6.45) is 3.22. The first-order valence-electron chi connectivity index (χ1n) is 9.03. The molecule has 0 aliphatic heterocycles. The monoisotopic (exact) mass is 410 g/mol. The Labute approximate surface area is 172 Å². The normalized spacial score (nSPS) is 10.8. The molecule has 4 rings (SSSR count). The molecule has 0 fully saturated rings. The Morgan fingerprint density at radius 1 is 1.10 bits per heavy atom. The Hall–Kier alpha value is -3.39. The minimum Gasteiger partial charge on any atom is -0.487 e. The van der Waals surface area contributed by atoms with Crippen molar-refractivity contribution in [2.45, 2.75) is 13.5 Å². The van der Waals surface area contributed by atoms with Crippen LogP contribution in [0.2, 0.25) is 0 Å². The molecule has 1 aromatic carbocycles. The zero-order chi connectivity index (χ0) is 20.1. The van der Waals surface area contributed by atoms with Crippen LogP contribution in [0.4, 0.5) is 11.5 Å². The minimum atomic E-state index is 0.345. The lowest BCUT2D eigenvalue weighted by Gasteiger charge is -2.12. The number of hydrogen-bond acceptors (Lipinski definition) is 7. The summed E-state index contributed by atoms with van der Waals surface area (Å²) >= 11 is 5.71. The number of halogens is 1. The number of fused-ring (bicyclic) bond motifs is 1. The van der Waals surface area contributed by atoms with E-state index in [0.717, 1.165) is 22.7 Å². The molecule has 0 unspecified atom stereocenters. The van der Waals surface area contributed by atoms with Crippen molar-refractivity contribution in [2.75, 3.05) is 17.8 Å². The van der Waals surface area contributed by atoms with Crippen LogP contribution in [0, 0.1) is 6.92 Å². The lowest BCUT2D eigenvalue weighted by molar-refractivity contribution is 0.299. The van der Waals surface area contributed by atoms with Gasteiger partial charge in [0.15, 0.2) is 5.65 Å². The van der Waals surface area contributed by atoms with Crippen molar-refractivity contribution >= 4 is 34.1 Å². The number of alkyl halides is 1. The minimum absolute atomic E-state index is 0.345. The highest BCUT2D eigenvalue weighted by atomic mass is 35.5. The van der Waals surface area contributed by atoms with Gasteiger partial charge in [-0.25, -0.2) is 9.97 Å². The predicted molar refractivity (Wildman–Crippen MR) is 111 cm³/mol. The third kappa shape index (κ3) is 4.38. The second-order valence-electron chi connectivity index (χ2n) is 6.23. The Bertz CT molecular complexity index is 1100. The van der Waals surface area contributed by atoms with Crippen molar-refractivity contribution in [1.82, 2.24) is 25.1 Å². The number of pyridine rings is 1. The average molecular weight is 411 g/mol. The molecule has 0 spiro atoms. The van der Waals surface area contributed by atoms with E-state index in [4.69, 9.17) is 21.1 Å². The standard InChI is InChI=1S/C20H19ClN6O2/c1-13-10-14(5-6-16(13)29-11-15-4-2-3-8-22-15)25-18-17-19(24-12-23-18)26-27-20(17)28-9-7-21/h2-6,8,10,12H,7,9,11H2,1H3,(H2,23,24,25,26,27). The largest absolute Gasteiger partial charge is 0.487 e. The van der Waals surface area contributed by atoms with Crippen molar-refractivity contribution in [3.63, 3.8) is 0 Å². The second kappa shape index (κ2) is 8.74. The molecule has 29 heavy (non-hydrogen) atoms. The maximum absolute atomic E-state index is 5.89. The summed E-state index contributed by atoms with van der Waals surface area (Å²) in [6.45, 7) is 2.75. The summed E-state index contributed by atoms with van der Waals surface area (Å²) in [5.74, 6) is 2.17. The van der Waals surface area contributed by atoms with Crippen LogP contribution in [0.25, 0.3) is 11.0 Å². The smallest absolute Gasteiger partial charge is 0.246 e. The Kier molecular flexibility index (Phi) is 5.71. The number of aromatic amines is 1. The maximum atomic E-state index is 5.89. The second-order valence-corrected chi connectivity index (χ2v) is 6.61. The van der Waals surface area contributed by atoms with Gasteiger partial charge in [-0.15, -0.1) is 16.7 Å². The van der Waals surface area contributed by atoms with Gasteiger partial charge in [0.25, 0.3) is 0 Å². The number of anilines is 2. The highest BCUT2D eigenvalue weighted by Gasteiger charge is 2.14. The molecular weight excluding hydrogens is 392 g/mol. The fourth-order valence-electron chi connectivity index (χ4n) is 2.83. The molecule has 2 N–H and O–H groups in total. The molecule has 0 amide bonds. The molecule has 3 heterocycles. The zero-order valence-electron chi connectivity index (χ0n) is 15.7. The summed E-state index contributed by atoms with van der Waals surface area (Å²) in [5, 5.41) is 11.0. The molecule has 9 heteroatoms. The highest BCUT2D eigenvalue weighted by molar-refractivity contribution is 6.18. The van der Waals surface area contributed by atoms with Gasteiger partial charge in [0, 0.05) is 11.9 Å². The van der Waals surface area contributed by atoms with Crippen LogP contribution in [0.5, 0.6) is 11.6 Å². The molecule has 148 valence electrons. The van der Waals surface area contributed by atoms with Crippen molar-refractivity contribution < 1.29 is 9.47 Å². The van der Waals surface area contributed by atoms with Gasteiger partial charge in [-0.05, 0) is 42.8 Å². The Morgan fingerprint density at radius 2 is 2.03 bits per heavy atom. The number of hydrogen-bond donors (Lipinski definition) is 2. The van der Waals surface area contributed by atoms with E-state index < -0.39 is 0 Å². The topological polar surface area (TPSA) is 97.8 Å². The van der Waals surface area contributed by atoms with E-state index in [-0.39, 0.29) is 0 Å². The third-order valence-electron chi connectivity index (χ3n) is 4.18. The van der Waals surface area contributed by atoms with E-state index in [1.807, 2.05) is 43.3 Å². The van der Waals surface area contributed by atoms with Gasteiger partial charge in [0.2, 0.25) is 5.88 Å². The van der Waals surface area contributed by atoms with E-state index in [2.05, 4.69) is 30.5 Å². The van der Waals surface area contributed by atoms with E-state index in [9.17, 15) is 0 Å². The predicted octanol–water partition coefficient (Wildman–Crippen LogP) is 4.00. The molecule has 0 saturated heterocycles. The van der Waals surface area contributed by atoms with E-state index in [1.165, 1.54) is 6.33 Å². The third-order valence-corrected chi connectivity index (χ3v) is 4.33. The summed E-state index contributed by atoms with van der Waals surface area (Å²) in [4.78, 5) is 12.8. The summed E-state index contributed by atoms with van der Waals surface area (Å²) in [7, 11) is 0. The molecule has 0 atom stereocenters. The number of H-pyrrole nitrogens is 1. The lowest BCUT2D eigenvalue weighted by atomic mass is 10.2. The van der Waals surface area contributed by atoms with Crippen LogP contribution in [0.1, 0.15) is 11.3 Å². The number of aryl methyl sites for hydroxylation is 1. The first kappa shape index (κ1) is 18.9. The maximum Gasteiger partial charge on any atom is 0.246 e. The van der Waals surface area contributed by atoms with Crippen molar-refractivity contribution in [3.05, 3.63) is 60.2 Å². The van der Waals surface area contributed by atoms with Crippen molar-refractivity contribution in [3.8, 4) is 11.6 Å². The van der Waals surface area contributed by atoms with Crippen LogP contribution in [-0.4, -0.2) is 37.6 Å². The lowest BCUT2D eigenvalue weighted by Crippen LogP contribution is -2.01. The SMILES string of the molecule is Cc1cc(Nc2ncnc3[nH]nc(OCCCl)c23)ccc1OCc1ccccn1. The van der Waals surface area contributed by atoms with E-state index in [0.29, 0.717) is 41.8 Å². The van der Waals surface area contributed by atoms with Gasteiger partial charge in [-0.2, -0.15) is 0 Å². The molecule has 0 saturated carbocycles. The molecule has 0 aliphatic rings. The Balaban J connectivity index is 1.52. The highest BCUT2D eigenvalue weighted by Crippen LogP contribution is 2.31.